The molecule has 14 heavy (non-hydrogen) atoms. The van der Waals surface area contributed by atoms with Gasteiger partial charge in [-0.3, -0.25) is 4.79 Å². The Morgan fingerprint density at radius 3 is 3.00 bits per heavy atom. The molecular weight excluding hydrogens is 206 g/mol. The van der Waals surface area contributed by atoms with Gasteiger partial charge in [-0.2, -0.15) is 0 Å². The van der Waals surface area contributed by atoms with Crippen molar-refractivity contribution in [3.8, 4) is 0 Å². The maximum atomic E-state index is 11.3. The molecule has 1 unspecified atom stereocenters. The first-order valence-electron chi connectivity index (χ1n) is 4.36. The van der Waals surface area contributed by atoms with Crippen LogP contribution >= 0.6 is 11.6 Å². The maximum absolute atomic E-state index is 11.3. The van der Waals surface area contributed by atoms with E-state index in [1.165, 1.54) is 6.26 Å². The van der Waals surface area contributed by atoms with E-state index in [4.69, 9.17) is 20.8 Å². The summed E-state index contributed by atoms with van der Waals surface area (Å²) in [7, 11) is 0. The summed E-state index contributed by atoms with van der Waals surface area (Å²) in [5.41, 5.74) is 0.623. The second-order valence-electron chi connectivity index (χ2n) is 2.78. The standard InChI is InChI=1S/C9H12ClNO3/c1-3-13-9(12)6(2)8-11-7(4-10)5-14-8/h5-6H,3-4H2,1-2H3. The van der Waals surface area contributed by atoms with Crippen LogP contribution < -0.4 is 0 Å². The molecule has 0 aliphatic heterocycles. The molecule has 0 aliphatic rings. The quantitative estimate of drug-likeness (QED) is 0.572. The summed E-state index contributed by atoms with van der Waals surface area (Å²) in [5.74, 6) is -0.194. The summed E-state index contributed by atoms with van der Waals surface area (Å²) >= 11 is 5.55. The molecule has 78 valence electrons. The van der Waals surface area contributed by atoms with Crippen LogP contribution in [0.4, 0.5) is 0 Å². The highest BCUT2D eigenvalue weighted by molar-refractivity contribution is 6.16. The van der Waals surface area contributed by atoms with Gasteiger partial charge in [-0.05, 0) is 13.8 Å². The predicted octanol–water partition coefficient (Wildman–Crippen LogP) is 2.08. The molecule has 0 radical (unpaired) electrons. The fourth-order valence-corrected chi connectivity index (χ4v) is 1.07. The minimum absolute atomic E-state index is 0.277. The van der Waals surface area contributed by atoms with Crippen LogP contribution in [0.2, 0.25) is 0 Å². The molecule has 1 atom stereocenters. The van der Waals surface area contributed by atoms with E-state index in [2.05, 4.69) is 4.98 Å². The summed E-state index contributed by atoms with van der Waals surface area (Å²) in [6.45, 7) is 3.79. The van der Waals surface area contributed by atoms with Crippen molar-refractivity contribution in [3.05, 3.63) is 17.8 Å². The molecule has 1 heterocycles. The second-order valence-corrected chi connectivity index (χ2v) is 3.05. The zero-order chi connectivity index (χ0) is 10.6. The number of hydrogen-bond donors (Lipinski definition) is 0. The Labute approximate surface area is 87.2 Å². The van der Waals surface area contributed by atoms with Gasteiger partial charge in [0.05, 0.1) is 18.2 Å². The van der Waals surface area contributed by atoms with Gasteiger partial charge in [0.25, 0.3) is 0 Å². The number of carbonyl (C=O) groups is 1. The molecule has 0 aromatic carbocycles. The van der Waals surface area contributed by atoms with Crippen molar-refractivity contribution >= 4 is 17.6 Å². The Kier molecular flexibility index (Phi) is 3.95. The first kappa shape index (κ1) is 11.0. The summed E-state index contributed by atoms with van der Waals surface area (Å²) < 4.78 is 9.92. The molecule has 4 nitrogen and oxygen atoms in total. The fourth-order valence-electron chi connectivity index (χ4n) is 0.951. The molecule has 0 fully saturated rings. The van der Waals surface area contributed by atoms with E-state index in [0.29, 0.717) is 18.2 Å². The Bertz CT molecular complexity index is 311. The van der Waals surface area contributed by atoms with Crippen LogP contribution in [0.1, 0.15) is 31.4 Å². The number of alkyl halides is 1. The Hall–Kier alpha value is -1.03. The molecule has 1 aromatic rings. The Morgan fingerprint density at radius 1 is 1.79 bits per heavy atom. The average Bonchev–Trinajstić information content (AvgIpc) is 2.65. The first-order valence-corrected chi connectivity index (χ1v) is 4.89. The minimum atomic E-state index is -0.480. The number of carbonyl (C=O) groups excluding carboxylic acids is 1. The summed E-state index contributed by atoms with van der Waals surface area (Å²) in [5, 5.41) is 0. The van der Waals surface area contributed by atoms with E-state index in [-0.39, 0.29) is 11.8 Å². The van der Waals surface area contributed by atoms with Crippen LogP contribution in [0, 0.1) is 0 Å². The van der Waals surface area contributed by atoms with Crippen molar-refractivity contribution < 1.29 is 13.9 Å². The largest absolute Gasteiger partial charge is 0.465 e. The number of halogens is 1. The Morgan fingerprint density at radius 2 is 2.50 bits per heavy atom. The van der Waals surface area contributed by atoms with E-state index in [1.807, 2.05) is 0 Å². The van der Waals surface area contributed by atoms with Gasteiger partial charge >= 0.3 is 5.97 Å². The van der Waals surface area contributed by atoms with Crippen LogP contribution in [0.15, 0.2) is 10.7 Å². The highest BCUT2D eigenvalue weighted by Gasteiger charge is 2.21. The lowest BCUT2D eigenvalue weighted by Crippen LogP contribution is -2.13. The number of aromatic nitrogens is 1. The normalized spacial score (nSPS) is 12.5. The van der Waals surface area contributed by atoms with Crippen LogP contribution in [-0.2, 0) is 15.4 Å². The molecule has 0 amide bonds. The van der Waals surface area contributed by atoms with Gasteiger partial charge in [0, 0.05) is 0 Å². The van der Waals surface area contributed by atoms with Crippen molar-refractivity contribution in [3.63, 3.8) is 0 Å². The van der Waals surface area contributed by atoms with Gasteiger partial charge < -0.3 is 9.15 Å². The molecule has 5 heteroatoms. The zero-order valence-corrected chi connectivity index (χ0v) is 8.87. The third-order valence-electron chi connectivity index (χ3n) is 1.72. The molecule has 0 N–H and O–H groups in total. The van der Waals surface area contributed by atoms with Gasteiger partial charge in [-0.15, -0.1) is 11.6 Å². The van der Waals surface area contributed by atoms with Crippen molar-refractivity contribution in [2.24, 2.45) is 0 Å². The van der Waals surface area contributed by atoms with E-state index in [0.717, 1.165) is 0 Å². The average molecular weight is 218 g/mol. The van der Waals surface area contributed by atoms with Crippen molar-refractivity contribution in [2.45, 2.75) is 25.6 Å². The highest BCUT2D eigenvalue weighted by Crippen LogP contribution is 2.16. The molecule has 0 saturated heterocycles. The number of ether oxygens (including phenoxy) is 1. The topological polar surface area (TPSA) is 52.3 Å². The number of esters is 1. The van der Waals surface area contributed by atoms with Crippen molar-refractivity contribution in [1.82, 2.24) is 4.98 Å². The predicted molar refractivity (Wildman–Crippen MR) is 51.1 cm³/mol. The maximum Gasteiger partial charge on any atom is 0.318 e. The van der Waals surface area contributed by atoms with Gasteiger partial charge in [0.2, 0.25) is 5.89 Å². The fraction of sp³-hybridized carbons (Fsp3) is 0.556. The Balaban J connectivity index is 2.68. The number of nitrogens with zero attached hydrogens (tertiary/aromatic N) is 1. The van der Waals surface area contributed by atoms with Crippen LogP contribution in [-0.4, -0.2) is 17.6 Å². The molecule has 1 aromatic heterocycles. The molecule has 0 spiro atoms. The summed E-state index contributed by atoms with van der Waals surface area (Å²) in [6.07, 6.45) is 1.44. The van der Waals surface area contributed by atoms with Crippen LogP contribution in [0.5, 0.6) is 0 Å². The monoisotopic (exact) mass is 217 g/mol. The molecule has 0 bridgehead atoms. The first-order chi connectivity index (χ1) is 6.69. The molecule has 1 rings (SSSR count). The van der Waals surface area contributed by atoms with Gasteiger partial charge in [0.15, 0.2) is 0 Å². The van der Waals surface area contributed by atoms with Gasteiger partial charge in [-0.25, -0.2) is 4.98 Å². The number of rotatable bonds is 4. The molecule has 0 aliphatic carbocycles. The number of hydrogen-bond acceptors (Lipinski definition) is 4. The van der Waals surface area contributed by atoms with Gasteiger partial charge in [-0.1, -0.05) is 0 Å². The third-order valence-corrected chi connectivity index (χ3v) is 1.99. The van der Waals surface area contributed by atoms with E-state index in [9.17, 15) is 4.79 Å². The lowest BCUT2D eigenvalue weighted by Gasteiger charge is -2.05. The van der Waals surface area contributed by atoms with Gasteiger partial charge in [0.1, 0.15) is 12.2 Å². The lowest BCUT2D eigenvalue weighted by atomic mass is 10.2. The van der Waals surface area contributed by atoms with E-state index >= 15 is 0 Å². The second kappa shape index (κ2) is 5.00. The lowest BCUT2D eigenvalue weighted by molar-refractivity contribution is -0.145. The molecular formula is C9H12ClNO3. The van der Waals surface area contributed by atoms with Crippen LogP contribution in [0.25, 0.3) is 0 Å². The smallest absolute Gasteiger partial charge is 0.318 e. The SMILES string of the molecule is CCOC(=O)C(C)c1nc(CCl)co1. The van der Waals surface area contributed by atoms with E-state index in [1.54, 1.807) is 13.8 Å². The van der Waals surface area contributed by atoms with Crippen molar-refractivity contribution in [2.75, 3.05) is 6.61 Å². The van der Waals surface area contributed by atoms with E-state index < -0.39 is 5.92 Å². The summed E-state index contributed by atoms with van der Waals surface area (Å²) in [6, 6.07) is 0. The minimum Gasteiger partial charge on any atom is -0.465 e. The van der Waals surface area contributed by atoms with Crippen LogP contribution in [0.3, 0.4) is 0 Å². The zero-order valence-electron chi connectivity index (χ0n) is 8.12. The van der Waals surface area contributed by atoms with Crippen molar-refractivity contribution in [1.29, 1.82) is 0 Å². The summed E-state index contributed by atoms with van der Waals surface area (Å²) in [4.78, 5) is 15.3. The third kappa shape index (κ3) is 2.48. The number of oxazole rings is 1. The highest BCUT2D eigenvalue weighted by atomic mass is 35.5. The molecule has 0 saturated carbocycles.